The molecule has 2 N–H and O–H groups in total. The standard InChI is InChI=1S/C14H18N2O/c1-2-3-4-8-11-15-14(17)12-16-13-9-6-5-7-10-13/h1,5-7,9-10,16H,3-4,8,11-12H2,(H,15,17). The lowest BCUT2D eigenvalue weighted by atomic mass is 10.2. The van der Waals surface area contributed by atoms with Crippen LogP contribution in [-0.4, -0.2) is 19.0 Å². The maximum Gasteiger partial charge on any atom is 0.239 e. The Hall–Kier alpha value is -1.95. The smallest absolute Gasteiger partial charge is 0.239 e. The molecule has 0 atom stereocenters. The lowest BCUT2D eigenvalue weighted by Crippen LogP contribution is -2.30. The number of terminal acetylenes is 1. The summed E-state index contributed by atoms with van der Waals surface area (Å²) < 4.78 is 0. The lowest BCUT2D eigenvalue weighted by molar-refractivity contribution is -0.119. The van der Waals surface area contributed by atoms with Crippen LogP contribution in [-0.2, 0) is 4.79 Å². The molecule has 0 unspecified atom stereocenters. The number of hydrogen-bond donors (Lipinski definition) is 2. The van der Waals surface area contributed by atoms with Crippen molar-refractivity contribution in [1.82, 2.24) is 5.32 Å². The second-order valence-corrected chi connectivity index (χ2v) is 3.73. The second kappa shape index (κ2) is 8.23. The largest absolute Gasteiger partial charge is 0.376 e. The van der Waals surface area contributed by atoms with E-state index in [0.29, 0.717) is 13.1 Å². The van der Waals surface area contributed by atoms with Crippen molar-refractivity contribution in [2.75, 3.05) is 18.4 Å². The summed E-state index contributed by atoms with van der Waals surface area (Å²) in [5.41, 5.74) is 0.954. The van der Waals surface area contributed by atoms with Crippen molar-refractivity contribution in [2.24, 2.45) is 0 Å². The highest BCUT2D eigenvalue weighted by Crippen LogP contribution is 2.03. The van der Waals surface area contributed by atoms with Gasteiger partial charge in [0.25, 0.3) is 0 Å². The van der Waals surface area contributed by atoms with Gasteiger partial charge in [-0.05, 0) is 25.0 Å². The summed E-state index contributed by atoms with van der Waals surface area (Å²) in [4.78, 5) is 11.4. The Balaban J connectivity index is 2.08. The molecule has 1 rings (SSSR count). The first-order chi connectivity index (χ1) is 8.33. The van der Waals surface area contributed by atoms with E-state index in [9.17, 15) is 4.79 Å². The van der Waals surface area contributed by atoms with E-state index in [0.717, 1.165) is 24.9 Å². The summed E-state index contributed by atoms with van der Waals surface area (Å²) in [6.07, 6.45) is 7.80. The van der Waals surface area contributed by atoms with E-state index < -0.39 is 0 Å². The van der Waals surface area contributed by atoms with Crippen molar-refractivity contribution in [1.29, 1.82) is 0 Å². The van der Waals surface area contributed by atoms with Gasteiger partial charge in [0.1, 0.15) is 0 Å². The molecule has 0 saturated heterocycles. The maximum atomic E-state index is 11.4. The van der Waals surface area contributed by atoms with Crippen molar-refractivity contribution in [3.05, 3.63) is 30.3 Å². The average Bonchev–Trinajstić information content (AvgIpc) is 2.37. The van der Waals surface area contributed by atoms with Gasteiger partial charge in [-0.15, -0.1) is 12.3 Å². The van der Waals surface area contributed by atoms with E-state index in [1.54, 1.807) is 0 Å². The second-order valence-electron chi connectivity index (χ2n) is 3.73. The van der Waals surface area contributed by atoms with Crippen LogP contribution in [0.1, 0.15) is 19.3 Å². The van der Waals surface area contributed by atoms with Gasteiger partial charge in [0.05, 0.1) is 6.54 Å². The van der Waals surface area contributed by atoms with Gasteiger partial charge in [-0.2, -0.15) is 0 Å². The topological polar surface area (TPSA) is 41.1 Å². The molecule has 90 valence electrons. The third kappa shape index (κ3) is 6.26. The summed E-state index contributed by atoms with van der Waals surface area (Å²) in [6.45, 7) is 0.996. The van der Waals surface area contributed by atoms with Crippen molar-refractivity contribution < 1.29 is 4.79 Å². The number of para-hydroxylation sites is 1. The molecule has 0 heterocycles. The van der Waals surface area contributed by atoms with Gasteiger partial charge in [0.2, 0.25) is 5.91 Å². The Morgan fingerprint density at radius 2 is 2.00 bits per heavy atom. The van der Waals surface area contributed by atoms with Crippen LogP contribution in [0.2, 0.25) is 0 Å². The monoisotopic (exact) mass is 230 g/mol. The average molecular weight is 230 g/mol. The van der Waals surface area contributed by atoms with E-state index >= 15 is 0 Å². The SMILES string of the molecule is C#CCCCCNC(=O)CNc1ccccc1. The van der Waals surface area contributed by atoms with Gasteiger partial charge >= 0.3 is 0 Å². The summed E-state index contributed by atoms with van der Waals surface area (Å²) in [5.74, 6) is 2.59. The molecule has 0 radical (unpaired) electrons. The number of hydrogen-bond acceptors (Lipinski definition) is 2. The molecule has 0 aliphatic heterocycles. The number of amides is 1. The number of nitrogens with one attached hydrogen (secondary N) is 2. The minimum absolute atomic E-state index is 0.00885. The molecule has 1 amide bonds. The van der Waals surface area contributed by atoms with Crippen LogP contribution in [0.25, 0.3) is 0 Å². The molecule has 0 spiro atoms. The van der Waals surface area contributed by atoms with Gasteiger partial charge in [-0.1, -0.05) is 18.2 Å². The predicted molar refractivity (Wildman–Crippen MR) is 70.6 cm³/mol. The van der Waals surface area contributed by atoms with Crippen LogP contribution in [0.3, 0.4) is 0 Å². The fourth-order valence-corrected chi connectivity index (χ4v) is 1.38. The van der Waals surface area contributed by atoms with Crippen molar-refractivity contribution in [2.45, 2.75) is 19.3 Å². The zero-order valence-corrected chi connectivity index (χ0v) is 9.91. The van der Waals surface area contributed by atoms with E-state index in [-0.39, 0.29) is 5.91 Å². The number of rotatable bonds is 7. The van der Waals surface area contributed by atoms with Crippen LogP contribution >= 0.6 is 0 Å². The third-order valence-corrected chi connectivity index (χ3v) is 2.30. The minimum atomic E-state index is 0.00885. The lowest BCUT2D eigenvalue weighted by Gasteiger charge is -2.07. The number of carbonyl (C=O) groups excluding carboxylic acids is 1. The highest BCUT2D eigenvalue weighted by Gasteiger charge is 1.99. The molecule has 3 nitrogen and oxygen atoms in total. The molecule has 0 aliphatic carbocycles. The molecule has 17 heavy (non-hydrogen) atoms. The minimum Gasteiger partial charge on any atom is -0.376 e. The van der Waals surface area contributed by atoms with Gasteiger partial charge in [0, 0.05) is 18.7 Å². The van der Waals surface area contributed by atoms with Crippen LogP contribution < -0.4 is 10.6 Å². The Labute approximate surface area is 103 Å². The van der Waals surface area contributed by atoms with E-state index in [1.807, 2.05) is 30.3 Å². The fraction of sp³-hybridized carbons (Fsp3) is 0.357. The summed E-state index contributed by atoms with van der Waals surface area (Å²) in [6, 6.07) is 9.66. The van der Waals surface area contributed by atoms with Crippen LogP contribution in [0.4, 0.5) is 5.69 Å². The molecular formula is C14H18N2O. The van der Waals surface area contributed by atoms with Gasteiger partial charge in [0.15, 0.2) is 0 Å². The number of unbranched alkanes of at least 4 members (excludes halogenated alkanes) is 2. The molecule has 0 saturated carbocycles. The highest BCUT2D eigenvalue weighted by atomic mass is 16.1. The molecule has 1 aromatic carbocycles. The quantitative estimate of drug-likeness (QED) is 0.556. The maximum absolute atomic E-state index is 11.4. The molecule has 0 aliphatic rings. The zero-order valence-electron chi connectivity index (χ0n) is 9.91. The first kappa shape index (κ1) is 13.1. The first-order valence-electron chi connectivity index (χ1n) is 5.82. The van der Waals surface area contributed by atoms with Crippen molar-refractivity contribution in [3.8, 4) is 12.3 Å². The summed E-state index contributed by atoms with van der Waals surface area (Å²) >= 11 is 0. The van der Waals surface area contributed by atoms with Crippen molar-refractivity contribution >= 4 is 11.6 Å². The first-order valence-corrected chi connectivity index (χ1v) is 5.82. The molecular weight excluding hydrogens is 212 g/mol. The van der Waals surface area contributed by atoms with Gasteiger partial charge in [-0.3, -0.25) is 4.79 Å². The Morgan fingerprint density at radius 1 is 1.24 bits per heavy atom. The summed E-state index contributed by atoms with van der Waals surface area (Å²) in [7, 11) is 0. The molecule has 0 bridgehead atoms. The van der Waals surface area contributed by atoms with Gasteiger partial charge in [-0.25, -0.2) is 0 Å². The van der Waals surface area contributed by atoms with Crippen LogP contribution in [0.15, 0.2) is 30.3 Å². The van der Waals surface area contributed by atoms with E-state index in [1.165, 1.54) is 0 Å². The Kier molecular flexibility index (Phi) is 6.35. The molecule has 1 aromatic rings. The Bertz CT molecular complexity index is 368. The highest BCUT2D eigenvalue weighted by molar-refractivity contribution is 5.80. The number of benzene rings is 1. The predicted octanol–water partition coefficient (Wildman–Crippen LogP) is 2.02. The number of anilines is 1. The number of carbonyl (C=O) groups is 1. The molecule has 3 heteroatoms. The summed E-state index contributed by atoms with van der Waals surface area (Å²) in [5, 5.41) is 5.89. The zero-order chi connectivity index (χ0) is 12.3. The van der Waals surface area contributed by atoms with Crippen LogP contribution in [0, 0.1) is 12.3 Å². The normalized spacial score (nSPS) is 9.35. The van der Waals surface area contributed by atoms with Crippen LogP contribution in [0.5, 0.6) is 0 Å². The van der Waals surface area contributed by atoms with Gasteiger partial charge < -0.3 is 10.6 Å². The molecule has 0 aromatic heterocycles. The van der Waals surface area contributed by atoms with E-state index in [4.69, 9.17) is 6.42 Å². The van der Waals surface area contributed by atoms with Crippen molar-refractivity contribution in [3.63, 3.8) is 0 Å². The third-order valence-electron chi connectivity index (χ3n) is 2.30. The van der Waals surface area contributed by atoms with E-state index in [2.05, 4.69) is 16.6 Å². The fourth-order valence-electron chi connectivity index (χ4n) is 1.38. The molecule has 0 fully saturated rings. The Morgan fingerprint density at radius 3 is 2.71 bits per heavy atom.